The zero-order chi connectivity index (χ0) is 25.8. The number of benzene rings is 4. The molecule has 4 aromatic rings. The number of ether oxygens (including phenoxy) is 2. The Balaban J connectivity index is 1.43. The van der Waals surface area contributed by atoms with E-state index in [1.807, 2.05) is 24.4 Å². The number of hydrogen-bond acceptors (Lipinski definition) is 4. The Kier molecular flexibility index (Phi) is 4.83. The Hall–Kier alpha value is -4.96. The third kappa shape index (κ3) is 3.25. The summed E-state index contributed by atoms with van der Waals surface area (Å²) in [4.78, 5) is 0. The number of fused-ring (bicyclic) bond motifs is 8. The minimum absolute atomic E-state index is 0.585. The molecule has 0 saturated heterocycles. The summed E-state index contributed by atoms with van der Waals surface area (Å²) in [6.07, 6.45) is 12.5. The lowest BCUT2D eigenvalue weighted by atomic mass is 9.62. The molecule has 0 radical (unpaired) electrons. The van der Waals surface area contributed by atoms with Gasteiger partial charge < -0.3 is 20.1 Å². The van der Waals surface area contributed by atoms with Gasteiger partial charge in [0.05, 0.1) is 5.41 Å². The molecule has 2 N–H and O–H groups in total. The molecule has 188 valence electrons. The van der Waals surface area contributed by atoms with Crippen LogP contribution in [0.25, 0.3) is 11.3 Å². The zero-order valence-corrected chi connectivity index (χ0v) is 21.3. The fourth-order valence-corrected chi connectivity index (χ4v) is 6.36. The zero-order valence-electron chi connectivity index (χ0n) is 21.3. The number of allylic oxidation sites excluding steroid dienone is 4. The van der Waals surface area contributed by atoms with Gasteiger partial charge in [0.25, 0.3) is 0 Å². The van der Waals surface area contributed by atoms with E-state index in [4.69, 9.17) is 9.47 Å². The highest BCUT2D eigenvalue weighted by Gasteiger charge is 2.50. The van der Waals surface area contributed by atoms with Crippen LogP contribution >= 0.6 is 0 Å². The van der Waals surface area contributed by atoms with E-state index < -0.39 is 5.41 Å². The van der Waals surface area contributed by atoms with Crippen LogP contribution < -0.4 is 20.1 Å². The van der Waals surface area contributed by atoms with Crippen LogP contribution in [-0.4, -0.2) is 13.1 Å². The van der Waals surface area contributed by atoms with Gasteiger partial charge in [-0.2, -0.15) is 0 Å². The van der Waals surface area contributed by atoms with Crippen LogP contribution in [0.2, 0.25) is 0 Å². The summed E-state index contributed by atoms with van der Waals surface area (Å²) in [6, 6.07) is 30.1. The number of para-hydroxylation sites is 2. The van der Waals surface area contributed by atoms with Gasteiger partial charge in [0.2, 0.25) is 0 Å². The first-order valence-electron chi connectivity index (χ1n) is 13.4. The fourth-order valence-electron chi connectivity index (χ4n) is 6.36. The molecule has 8 rings (SSSR count). The van der Waals surface area contributed by atoms with Crippen molar-refractivity contribution >= 4 is 11.3 Å². The van der Waals surface area contributed by atoms with Crippen LogP contribution in [0.1, 0.15) is 33.4 Å². The molecule has 4 heterocycles. The van der Waals surface area contributed by atoms with Gasteiger partial charge in [-0.05, 0) is 53.8 Å². The van der Waals surface area contributed by atoms with E-state index >= 15 is 0 Å². The highest BCUT2D eigenvalue weighted by molar-refractivity contribution is 5.79. The second-order valence-electron chi connectivity index (χ2n) is 10.2. The summed E-state index contributed by atoms with van der Waals surface area (Å²) in [5.41, 5.74) is 8.46. The Morgan fingerprint density at radius 3 is 1.92 bits per heavy atom. The second kappa shape index (κ2) is 8.53. The molecular formula is C35H26N2O2. The van der Waals surface area contributed by atoms with Gasteiger partial charge in [-0.15, -0.1) is 0 Å². The van der Waals surface area contributed by atoms with Gasteiger partial charge in [0.1, 0.15) is 23.0 Å². The molecule has 4 heteroatoms. The third-order valence-corrected chi connectivity index (χ3v) is 8.09. The Morgan fingerprint density at radius 2 is 1.26 bits per heavy atom. The van der Waals surface area contributed by atoms with Crippen molar-refractivity contribution in [3.8, 4) is 23.0 Å². The van der Waals surface area contributed by atoms with Crippen LogP contribution in [0.5, 0.6) is 23.0 Å². The largest absolute Gasteiger partial charge is 0.457 e. The van der Waals surface area contributed by atoms with Crippen molar-refractivity contribution in [2.45, 2.75) is 5.41 Å². The minimum atomic E-state index is -0.585. The summed E-state index contributed by atoms with van der Waals surface area (Å²) in [5.74, 6) is 3.46. The predicted octanol–water partition coefficient (Wildman–Crippen LogP) is 7.28. The second-order valence-corrected chi connectivity index (χ2v) is 10.2. The van der Waals surface area contributed by atoms with Crippen molar-refractivity contribution < 1.29 is 9.47 Å². The summed E-state index contributed by atoms with van der Waals surface area (Å²) in [6.45, 7) is 1.60. The molecule has 0 fully saturated rings. The summed E-state index contributed by atoms with van der Waals surface area (Å²) >= 11 is 0. The lowest BCUT2D eigenvalue weighted by molar-refractivity contribution is 0.399. The highest BCUT2D eigenvalue weighted by Crippen LogP contribution is 2.61. The molecule has 0 unspecified atom stereocenters. The van der Waals surface area contributed by atoms with E-state index in [9.17, 15) is 0 Å². The molecule has 0 aliphatic carbocycles. The Morgan fingerprint density at radius 1 is 0.615 bits per heavy atom. The molecule has 0 aromatic heterocycles. The van der Waals surface area contributed by atoms with Crippen molar-refractivity contribution in [2.24, 2.45) is 0 Å². The Labute approximate surface area is 227 Å². The summed E-state index contributed by atoms with van der Waals surface area (Å²) in [5, 5.41) is 6.82. The van der Waals surface area contributed by atoms with Gasteiger partial charge >= 0.3 is 0 Å². The number of hydrogen-bond donors (Lipinski definition) is 2. The molecule has 39 heavy (non-hydrogen) atoms. The monoisotopic (exact) mass is 506 g/mol. The Bertz CT molecular complexity index is 1650. The number of nitrogens with one attached hydrogen (secondary N) is 2. The maximum absolute atomic E-state index is 6.82. The molecule has 4 nitrogen and oxygen atoms in total. The first-order chi connectivity index (χ1) is 19.3. The normalized spacial score (nSPS) is 17.1. The molecule has 4 aliphatic rings. The van der Waals surface area contributed by atoms with E-state index in [2.05, 4.69) is 108 Å². The number of dihydropyridines is 2. The SMILES string of the molecule is C1=CCNC(c2ccc3c(c2)Oc2cc(C4=CC=CNC4)ccc2C32c3ccccc3Oc3ccccc32)=C1. The van der Waals surface area contributed by atoms with Crippen LogP contribution in [0.4, 0.5) is 0 Å². The molecule has 1 spiro atoms. The van der Waals surface area contributed by atoms with Crippen molar-refractivity contribution in [1.82, 2.24) is 10.6 Å². The van der Waals surface area contributed by atoms with Crippen LogP contribution in [-0.2, 0) is 5.41 Å². The third-order valence-electron chi connectivity index (χ3n) is 8.09. The summed E-state index contributed by atoms with van der Waals surface area (Å²) < 4.78 is 13.3. The first-order valence-corrected chi connectivity index (χ1v) is 13.4. The lowest BCUT2D eigenvalue weighted by Gasteiger charge is -2.45. The maximum atomic E-state index is 6.82. The van der Waals surface area contributed by atoms with Gasteiger partial charge in [0.15, 0.2) is 0 Å². The lowest BCUT2D eigenvalue weighted by Crippen LogP contribution is -2.37. The highest BCUT2D eigenvalue weighted by atomic mass is 16.5. The van der Waals surface area contributed by atoms with Gasteiger partial charge in [-0.1, -0.05) is 78.9 Å². The van der Waals surface area contributed by atoms with Crippen molar-refractivity contribution in [1.29, 1.82) is 0 Å². The van der Waals surface area contributed by atoms with Gasteiger partial charge in [0, 0.05) is 46.6 Å². The minimum Gasteiger partial charge on any atom is -0.457 e. The molecule has 0 amide bonds. The van der Waals surface area contributed by atoms with E-state index in [-0.39, 0.29) is 0 Å². The van der Waals surface area contributed by atoms with E-state index in [1.165, 1.54) is 5.57 Å². The topological polar surface area (TPSA) is 42.5 Å². The quantitative estimate of drug-likeness (QED) is 0.259. The standard InChI is InChI=1S/C35H26N2O2/c1-3-12-31-26(9-1)35(27-10-2-4-13-32(27)38-31)28-16-14-23(25-8-7-18-36-22-25)20-33(28)39-34-21-24(15-17-29(34)35)30-11-5-6-19-37-30/h1-18,20-21,36-37H,19,22H2. The van der Waals surface area contributed by atoms with Crippen molar-refractivity contribution in [2.75, 3.05) is 13.1 Å². The maximum Gasteiger partial charge on any atom is 0.132 e. The molecule has 4 aliphatic heterocycles. The average molecular weight is 507 g/mol. The molecule has 0 saturated carbocycles. The van der Waals surface area contributed by atoms with Crippen LogP contribution in [0.15, 0.2) is 122 Å². The van der Waals surface area contributed by atoms with Crippen molar-refractivity contribution in [3.05, 3.63) is 155 Å². The van der Waals surface area contributed by atoms with Crippen LogP contribution in [0, 0.1) is 0 Å². The van der Waals surface area contributed by atoms with Crippen molar-refractivity contribution in [3.63, 3.8) is 0 Å². The fraction of sp³-hybridized carbons (Fsp3) is 0.0857. The number of rotatable bonds is 2. The van der Waals surface area contributed by atoms with E-state index in [1.54, 1.807) is 0 Å². The molecule has 0 bridgehead atoms. The van der Waals surface area contributed by atoms with Crippen LogP contribution in [0.3, 0.4) is 0 Å². The van der Waals surface area contributed by atoms with E-state index in [0.29, 0.717) is 0 Å². The predicted molar refractivity (Wildman–Crippen MR) is 155 cm³/mol. The average Bonchev–Trinajstić information content (AvgIpc) is 3.01. The molecular weight excluding hydrogens is 480 g/mol. The van der Waals surface area contributed by atoms with Gasteiger partial charge in [-0.25, -0.2) is 0 Å². The first kappa shape index (κ1) is 22.1. The molecule has 0 atom stereocenters. The van der Waals surface area contributed by atoms with E-state index in [0.717, 1.165) is 75.2 Å². The summed E-state index contributed by atoms with van der Waals surface area (Å²) in [7, 11) is 0. The van der Waals surface area contributed by atoms with Gasteiger partial charge in [-0.3, -0.25) is 0 Å². The smallest absolute Gasteiger partial charge is 0.132 e. The molecule has 4 aromatic carbocycles.